The SMILES string of the molecule is Cc1cncc(-c2ncnc(N)c2C)c1. The first-order valence-corrected chi connectivity index (χ1v) is 4.67. The fourth-order valence-electron chi connectivity index (χ4n) is 1.44. The van der Waals surface area contributed by atoms with Crippen molar-refractivity contribution in [1.29, 1.82) is 0 Å². The van der Waals surface area contributed by atoms with E-state index in [1.165, 1.54) is 6.33 Å². The summed E-state index contributed by atoms with van der Waals surface area (Å²) in [6, 6.07) is 2.03. The first-order valence-electron chi connectivity index (χ1n) is 4.67. The molecular formula is C11H12N4. The molecule has 2 aromatic heterocycles. The second kappa shape index (κ2) is 3.65. The van der Waals surface area contributed by atoms with E-state index in [1.54, 1.807) is 6.20 Å². The average Bonchev–Trinajstić information content (AvgIpc) is 2.22. The van der Waals surface area contributed by atoms with Crippen LogP contribution in [0, 0.1) is 13.8 Å². The van der Waals surface area contributed by atoms with Crippen molar-refractivity contribution in [3.8, 4) is 11.3 Å². The van der Waals surface area contributed by atoms with Crippen LogP contribution in [0.2, 0.25) is 0 Å². The van der Waals surface area contributed by atoms with Gasteiger partial charge >= 0.3 is 0 Å². The minimum absolute atomic E-state index is 0.515. The van der Waals surface area contributed by atoms with Gasteiger partial charge in [-0.2, -0.15) is 0 Å². The average molecular weight is 200 g/mol. The Morgan fingerprint density at radius 3 is 2.67 bits per heavy atom. The molecule has 0 aliphatic rings. The highest BCUT2D eigenvalue weighted by molar-refractivity contribution is 5.66. The van der Waals surface area contributed by atoms with Crippen molar-refractivity contribution in [2.24, 2.45) is 0 Å². The standard InChI is InChI=1S/C11H12N4/c1-7-3-9(5-13-4-7)10-8(2)11(12)15-6-14-10/h3-6H,1-2H3,(H2,12,14,15). The summed E-state index contributed by atoms with van der Waals surface area (Å²) in [4.78, 5) is 12.3. The molecule has 0 amide bonds. The maximum absolute atomic E-state index is 5.72. The Morgan fingerprint density at radius 2 is 1.93 bits per heavy atom. The van der Waals surface area contributed by atoms with E-state index in [0.29, 0.717) is 5.82 Å². The summed E-state index contributed by atoms with van der Waals surface area (Å²) in [6.07, 6.45) is 5.06. The molecule has 0 fully saturated rings. The molecule has 4 heteroatoms. The first kappa shape index (κ1) is 9.58. The molecule has 2 heterocycles. The number of anilines is 1. The molecule has 0 bridgehead atoms. The summed E-state index contributed by atoms with van der Waals surface area (Å²) < 4.78 is 0. The molecule has 0 aliphatic heterocycles. The highest BCUT2D eigenvalue weighted by atomic mass is 14.9. The largest absolute Gasteiger partial charge is 0.383 e. The summed E-state index contributed by atoms with van der Waals surface area (Å²) in [5.41, 5.74) is 9.54. The molecule has 15 heavy (non-hydrogen) atoms. The molecule has 0 radical (unpaired) electrons. The van der Waals surface area contributed by atoms with E-state index in [9.17, 15) is 0 Å². The zero-order valence-electron chi connectivity index (χ0n) is 8.73. The number of aryl methyl sites for hydroxylation is 1. The lowest BCUT2D eigenvalue weighted by Gasteiger charge is -2.06. The predicted molar refractivity (Wildman–Crippen MR) is 59.1 cm³/mol. The Labute approximate surface area is 88.2 Å². The van der Waals surface area contributed by atoms with E-state index >= 15 is 0 Å². The first-order chi connectivity index (χ1) is 7.18. The van der Waals surface area contributed by atoms with Crippen LogP contribution in [0.5, 0.6) is 0 Å². The number of hydrogen-bond donors (Lipinski definition) is 1. The molecule has 0 aromatic carbocycles. The van der Waals surface area contributed by atoms with Crippen LogP contribution in [0.3, 0.4) is 0 Å². The minimum Gasteiger partial charge on any atom is -0.383 e. The normalized spacial score (nSPS) is 10.3. The summed E-state index contributed by atoms with van der Waals surface area (Å²) in [5, 5.41) is 0. The summed E-state index contributed by atoms with van der Waals surface area (Å²) in [7, 11) is 0. The van der Waals surface area contributed by atoms with Gasteiger partial charge in [-0.25, -0.2) is 9.97 Å². The van der Waals surface area contributed by atoms with Crippen molar-refractivity contribution in [2.45, 2.75) is 13.8 Å². The number of nitrogens with zero attached hydrogens (tertiary/aromatic N) is 3. The molecule has 76 valence electrons. The zero-order chi connectivity index (χ0) is 10.8. The number of pyridine rings is 1. The summed E-state index contributed by atoms with van der Waals surface area (Å²) in [6.45, 7) is 3.91. The van der Waals surface area contributed by atoms with Gasteiger partial charge in [0.1, 0.15) is 12.1 Å². The zero-order valence-corrected chi connectivity index (χ0v) is 8.73. The van der Waals surface area contributed by atoms with Gasteiger partial charge in [0.2, 0.25) is 0 Å². The Morgan fingerprint density at radius 1 is 1.13 bits per heavy atom. The molecule has 0 unspecified atom stereocenters. The van der Waals surface area contributed by atoms with Gasteiger partial charge in [0.15, 0.2) is 0 Å². The van der Waals surface area contributed by atoms with Crippen LogP contribution in [0.25, 0.3) is 11.3 Å². The molecule has 0 spiro atoms. The fraction of sp³-hybridized carbons (Fsp3) is 0.182. The lowest BCUT2D eigenvalue weighted by atomic mass is 10.1. The third-order valence-electron chi connectivity index (χ3n) is 2.27. The van der Waals surface area contributed by atoms with Gasteiger partial charge in [0.05, 0.1) is 5.69 Å². The number of hydrogen-bond acceptors (Lipinski definition) is 4. The van der Waals surface area contributed by atoms with Gasteiger partial charge in [-0.3, -0.25) is 4.98 Å². The Hall–Kier alpha value is -1.97. The smallest absolute Gasteiger partial charge is 0.130 e. The van der Waals surface area contributed by atoms with E-state index < -0.39 is 0 Å². The molecule has 2 rings (SSSR count). The number of aromatic nitrogens is 3. The summed E-state index contributed by atoms with van der Waals surface area (Å²) in [5.74, 6) is 0.515. The van der Waals surface area contributed by atoms with Crippen molar-refractivity contribution in [3.63, 3.8) is 0 Å². The van der Waals surface area contributed by atoms with Gasteiger partial charge in [-0.1, -0.05) is 0 Å². The van der Waals surface area contributed by atoms with E-state index in [-0.39, 0.29) is 0 Å². The molecule has 0 saturated heterocycles. The van der Waals surface area contributed by atoms with Crippen LogP contribution < -0.4 is 5.73 Å². The highest BCUT2D eigenvalue weighted by Gasteiger charge is 2.06. The topological polar surface area (TPSA) is 64.7 Å². The van der Waals surface area contributed by atoms with Gasteiger partial charge in [-0.15, -0.1) is 0 Å². The molecule has 0 aliphatic carbocycles. The molecule has 0 saturated carbocycles. The van der Waals surface area contributed by atoms with Gasteiger partial charge in [-0.05, 0) is 25.5 Å². The lowest BCUT2D eigenvalue weighted by Crippen LogP contribution is -1.98. The predicted octanol–water partition coefficient (Wildman–Crippen LogP) is 1.74. The molecule has 0 atom stereocenters. The van der Waals surface area contributed by atoms with Gasteiger partial charge in [0.25, 0.3) is 0 Å². The number of nitrogen functional groups attached to an aromatic ring is 1. The fourth-order valence-corrected chi connectivity index (χ4v) is 1.44. The Balaban J connectivity index is 2.59. The van der Waals surface area contributed by atoms with Crippen LogP contribution in [0.1, 0.15) is 11.1 Å². The van der Waals surface area contributed by atoms with E-state index in [2.05, 4.69) is 15.0 Å². The van der Waals surface area contributed by atoms with Crippen molar-refractivity contribution in [2.75, 3.05) is 5.73 Å². The van der Waals surface area contributed by atoms with Crippen LogP contribution in [-0.2, 0) is 0 Å². The van der Waals surface area contributed by atoms with E-state index in [0.717, 1.165) is 22.4 Å². The Kier molecular flexibility index (Phi) is 2.33. The van der Waals surface area contributed by atoms with Crippen molar-refractivity contribution in [1.82, 2.24) is 15.0 Å². The van der Waals surface area contributed by atoms with Crippen molar-refractivity contribution < 1.29 is 0 Å². The second-order valence-corrected chi connectivity index (χ2v) is 3.48. The van der Waals surface area contributed by atoms with Crippen LogP contribution >= 0.6 is 0 Å². The van der Waals surface area contributed by atoms with Gasteiger partial charge < -0.3 is 5.73 Å². The third kappa shape index (κ3) is 1.79. The van der Waals surface area contributed by atoms with Crippen LogP contribution in [0.15, 0.2) is 24.8 Å². The molecule has 2 N–H and O–H groups in total. The number of nitrogens with two attached hydrogens (primary N) is 1. The molecule has 4 nitrogen and oxygen atoms in total. The van der Waals surface area contributed by atoms with E-state index in [1.807, 2.05) is 26.1 Å². The van der Waals surface area contributed by atoms with Crippen molar-refractivity contribution in [3.05, 3.63) is 35.9 Å². The number of rotatable bonds is 1. The quantitative estimate of drug-likeness (QED) is 0.761. The maximum atomic E-state index is 5.72. The van der Waals surface area contributed by atoms with Gasteiger partial charge in [0, 0.05) is 23.5 Å². The minimum atomic E-state index is 0.515. The van der Waals surface area contributed by atoms with Crippen LogP contribution in [-0.4, -0.2) is 15.0 Å². The third-order valence-corrected chi connectivity index (χ3v) is 2.27. The van der Waals surface area contributed by atoms with Crippen molar-refractivity contribution >= 4 is 5.82 Å². The monoisotopic (exact) mass is 200 g/mol. The second-order valence-electron chi connectivity index (χ2n) is 3.48. The highest BCUT2D eigenvalue weighted by Crippen LogP contribution is 2.22. The Bertz CT molecular complexity index is 494. The maximum Gasteiger partial charge on any atom is 0.130 e. The van der Waals surface area contributed by atoms with Crippen LogP contribution in [0.4, 0.5) is 5.82 Å². The summed E-state index contributed by atoms with van der Waals surface area (Å²) >= 11 is 0. The van der Waals surface area contributed by atoms with E-state index in [4.69, 9.17) is 5.73 Å². The molecular weight excluding hydrogens is 188 g/mol. The lowest BCUT2D eigenvalue weighted by molar-refractivity contribution is 1.14. The molecule has 2 aromatic rings.